The van der Waals surface area contributed by atoms with Gasteiger partial charge in [-0.05, 0) is 30.8 Å². The van der Waals surface area contributed by atoms with Gasteiger partial charge in [0.05, 0.1) is 6.04 Å². The molecular weight excluding hydrogens is 303 g/mol. The maximum atomic E-state index is 14.0. The summed E-state index contributed by atoms with van der Waals surface area (Å²) in [6, 6.07) is 8.00. The quantitative estimate of drug-likeness (QED) is 0.840. The number of hydrogen-bond donors (Lipinski definition) is 1. The summed E-state index contributed by atoms with van der Waals surface area (Å²) in [6.45, 7) is 2.36. The van der Waals surface area contributed by atoms with Crippen molar-refractivity contribution in [2.45, 2.75) is 13.0 Å². The van der Waals surface area contributed by atoms with Crippen LogP contribution in [0.1, 0.15) is 24.1 Å². The molecule has 106 valence electrons. The van der Waals surface area contributed by atoms with E-state index < -0.39 is 17.7 Å². The number of nitrogens with one attached hydrogen (secondary N) is 1. The monoisotopic (exact) mass is 315 g/mol. The zero-order valence-electron chi connectivity index (χ0n) is 10.8. The molecule has 2 aromatic rings. The van der Waals surface area contributed by atoms with Crippen LogP contribution in [-0.4, -0.2) is 6.54 Å². The Bertz CT molecular complexity index is 525. The second-order valence-electron chi connectivity index (χ2n) is 4.26. The predicted molar refractivity (Wildman–Crippen MR) is 78.3 cm³/mol. The normalized spacial score (nSPS) is 12.4. The first-order valence-corrected chi connectivity index (χ1v) is 6.93. The van der Waals surface area contributed by atoms with Crippen LogP contribution in [0.4, 0.5) is 8.78 Å². The molecule has 0 heterocycles. The van der Waals surface area contributed by atoms with E-state index in [4.69, 9.17) is 23.2 Å². The molecule has 2 rings (SSSR count). The van der Waals surface area contributed by atoms with Crippen LogP contribution in [0.3, 0.4) is 0 Å². The van der Waals surface area contributed by atoms with Crippen molar-refractivity contribution in [2.75, 3.05) is 6.54 Å². The van der Waals surface area contributed by atoms with Crippen molar-refractivity contribution in [2.24, 2.45) is 0 Å². The van der Waals surface area contributed by atoms with E-state index in [9.17, 15) is 8.78 Å². The molecule has 1 nitrogen and oxygen atoms in total. The van der Waals surface area contributed by atoms with Gasteiger partial charge in [0, 0.05) is 21.2 Å². The van der Waals surface area contributed by atoms with Gasteiger partial charge in [-0.1, -0.05) is 42.3 Å². The van der Waals surface area contributed by atoms with Crippen LogP contribution in [0, 0.1) is 11.6 Å². The molecule has 0 bridgehead atoms. The van der Waals surface area contributed by atoms with E-state index in [-0.39, 0.29) is 5.56 Å². The van der Waals surface area contributed by atoms with E-state index in [2.05, 4.69) is 5.32 Å². The van der Waals surface area contributed by atoms with Crippen LogP contribution in [-0.2, 0) is 0 Å². The molecule has 0 spiro atoms. The van der Waals surface area contributed by atoms with E-state index >= 15 is 0 Å². The summed E-state index contributed by atoms with van der Waals surface area (Å²) in [4.78, 5) is 0. The molecule has 0 radical (unpaired) electrons. The van der Waals surface area contributed by atoms with Gasteiger partial charge in [0.1, 0.15) is 11.6 Å². The first-order chi connectivity index (χ1) is 9.56. The lowest BCUT2D eigenvalue weighted by molar-refractivity contribution is 0.510. The van der Waals surface area contributed by atoms with Crippen LogP contribution in [0.2, 0.25) is 10.0 Å². The molecule has 2 aromatic carbocycles. The van der Waals surface area contributed by atoms with Crippen LogP contribution in [0.15, 0.2) is 36.4 Å². The Morgan fingerprint density at radius 1 is 0.950 bits per heavy atom. The Kier molecular flexibility index (Phi) is 4.97. The van der Waals surface area contributed by atoms with E-state index in [1.165, 1.54) is 18.2 Å². The summed E-state index contributed by atoms with van der Waals surface area (Å²) in [5.74, 6) is -1.26. The minimum atomic E-state index is -0.734. The van der Waals surface area contributed by atoms with Crippen molar-refractivity contribution >= 4 is 23.2 Å². The van der Waals surface area contributed by atoms with Gasteiger partial charge in [-0.3, -0.25) is 0 Å². The Morgan fingerprint density at radius 3 is 1.95 bits per heavy atom. The summed E-state index contributed by atoms with van der Waals surface area (Å²) < 4.78 is 28.0. The van der Waals surface area contributed by atoms with E-state index in [0.717, 1.165) is 0 Å². The molecule has 1 N–H and O–H groups in total. The lowest BCUT2D eigenvalue weighted by atomic mass is 9.97. The molecule has 0 amide bonds. The van der Waals surface area contributed by atoms with Crippen LogP contribution in [0.25, 0.3) is 0 Å². The smallest absolute Gasteiger partial charge is 0.131 e. The van der Waals surface area contributed by atoms with Crippen molar-refractivity contribution in [3.05, 3.63) is 69.2 Å². The summed E-state index contributed by atoms with van der Waals surface area (Å²) >= 11 is 12.3. The first-order valence-electron chi connectivity index (χ1n) is 6.17. The van der Waals surface area contributed by atoms with Crippen molar-refractivity contribution in [1.82, 2.24) is 5.32 Å². The van der Waals surface area contributed by atoms with Gasteiger partial charge in [0.2, 0.25) is 0 Å². The molecule has 20 heavy (non-hydrogen) atoms. The molecule has 5 heteroatoms. The van der Waals surface area contributed by atoms with Gasteiger partial charge in [-0.25, -0.2) is 8.78 Å². The Hall–Kier alpha value is -1.16. The fourth-order valence-corrected chi connectivity index (χ4v) is 2.74. The fraction of sp³-hybridized carbons (Fsp3) is 0.200. The van der Waals surface area contributed by atoms with E-state index in [1.807, 2.05) is 6.92 Å². The predicted octanol–water partition coefficient (Wildman–Crippen LogP) is 4.97. The molecule has 0 aromatic heterocycles. The molecule has 0 aliphatic rings. The van der Waals surface area contributed by atoms with Gasteiger partial charge < -0.3 is 5.32 Å². The minimum absolute atomic E-state index is 0.0793. The second kappa shape index (κ2) is 6.53. The number of rotatable bonds is 4. The van der Waals surface area contributed by atoms with Crippen molar-refractivity contribution in [3.63, 3.8) is 0 Å². The second-order valence-corrected chi connectivity index (χ2v) is 5.08. The van der Waals surface area contributed by atoms with Crippen molar-refractivity contribution in [3.8, 4) is 0 Å². The van der Waals surface area contributed by atoms with Gasteiger partial charge >= 0.3 is 0 Å². The highest BCUT2D eigenvalue weighted by Crippen LogP contribution is 2.36. The van der Waals surface area contributed by atoms with Crippen molar-refractivity contribution in [1.29, 1.82) is 0 Å². The highest BCUT2D eigenvalue weighted by atomic mass is 35.5. The zero-order chi connectivity index (χ0) is 14.7. The van der Waals surface area contributed by atoms with Crippen LogP contribution in [0.5, 0.6) is 0 Å². The van der Waals surface area contributed by atoms with E-state index in [0.29, 0.717) is 22.2 Å². The fourth-order valence-electron chi connectivity index (χ4n) is 2.13. The summed E-state index contributed by atoms with van der Waals surface area (Å²) in [5, 5.41) is 3.76. The minimum Gasteiger partial charge on any atom is -0.306 e. The molecule has 1 unspecified atom stereocenters. The molecule has 1 atom stereocenters. The topological polar surface area (TPSA) is 12.0 Å². The molecule has 0 aliphatic carbocycles. The first kappa shape index (κ1) is 15.2. The molecule has 0 fully saturated rings. The van der Waals surface area contributed by atoms with Crippen molar-refractivity contribution < 1.29 is 8.78 Å². The average molecular weight is 316 g/mol. The standard InChI is InChI=1S/C15H13Cl2F2N/c1-2-20-15(13-9(16)5-3-6-10(13)17)14-11(18)7-4-8-12(14)19/h3-8,15,20H,2H2,1H3. The maximum absolute atomic E-state index is 14.0. The zero-order valence-corrected chi connectivity index (χ0v) is 12.3. The molecular formula is C15H13Cl2F2N. The number of benzene rings is 2. The lowest BCUT2D eigenvalue weighted by Crippen LogP contribution is -2.24. The lowest BCUT2D eigenvalue weighted by Gasteiger charge is -2.22. The Labute approximate surface area is 126 Å². The summed E-state index contributed by atoms with van der Waals surface area (Å²) in [5.41, 5.74) is 0.394. The number of hydrogen-bond acceptors (Lipinski definition) is 1. The van der Waals surface area contributed by atoms with Gasteiger partial charge in [0.25, 0.3) is 0 Å². The highest BCUT2D eigenvalue weighted by molar-refractivity contribution is 6.36. The largest absolute Gasteiger partial charge is 0.306 e. The Balaban J connectivity index is 2.63. The third-order valence-electron chi connectivity index (χ3n) is 2.99. The Morgan fingerprint density at radius 2 is 1.45 bits per heavy atom. The maximum Gasteiger partial charge on any atom is 0.131 e. The molecule has 0 saturated carbocycles. The third kappa shape index (κ3) is 2.95. The SMILES string of the molecule is CCNC(c1c(F)cccc1F)c1c(Cl)cccc1Cl. The van der Waals surface area contributed by atoms with Gasteiger partial charge in [-0.15, -0.1) is 0 Å². The third-order valence-corrected chi connectivity index (χ3v) is 3.64. The molecule has 0 aliphatic heterocycles. The number of halogens is 4. The van der Waals surface area contributed by atoms with E-state index in [1.54, 1.807) is 18.2 Å². The highest BCUT2D eigenvalue weighted by Gasteiger charge is 2.25. The molecule has 0 saturated heterocycles. The summed E-state index contributed by atoms with van der Waals surface area (Å²) in [7, 11) is 0. The summed E-state index contributed by atoms with van der Waals surface area (Å²) in [6.07, 6.45) is 0. The van der Waals surface area contributed by atoms with Gasteiger partial charge in [-0.2, -0.15) is 0 Å². The van der Waals surface area contributed by atoms with Crippen LogP contribution >= 0.6 is 23.2 Å². The average Bonchev–Trinajstić information content (AvgIpc) is 2.38. The van der Waals surface area contributed by atoms with Crippen LogP contribution < -0.4 is 5.32 Å². The van der Waals surface area contributed by atoms with Gasteiger partial charge in [0.15, 0.2) is 0 Å².